The molecule has 72 valence electrons. The van der Waals surface area contributed by atoms with E-state index in [1.165, 1.54) is 0 Å². The summed E-state index contributed by atoms with van der Waals surface area (Å²) < 4.78 is 5.28. The molecule has 0 bridgehead atoms. The van der Waals surface area contributed by atoms with Crippen LogP contribution in [0.2, 0.25) is 0 Å². The summed E-state index contributed by atoms with van der Waals surface area (Å²) in [5.74, 6) is 0. The van der Waals surface area contributed by atoms with Crippen LogP contribution in [0.1, 0.15) is 27.7 Å². The number of amides is 1. The second-order valence-electron chi connectivity index (χ2n) is 3.67. The molecule has 0 heterocycles. The van der Waals surface area contributed by atoms with Crippen molar-refractivity contribution in [1.29, 1.82) is 0 Å². The topological polar surface area (TPSA) is 58.6 Å². The third-order valence-electron chi connectivity index (χ3n) is 1.22. The third-order valence-corrected chi connectivity index (χ3v) is 1.22. The van der Waals surface area contributed by atoms with E-state index in [4.69, 9.17) is 9.84 Å². The van der Waals surface area contributed by atoms with E-state index in [-0.39, 0.29) is 6.10 Å². The van der Waals surface area contributed by atoms with Crippen LogP contribution in [0.15, 0.2) is 0 Å². The maximum atomic E-state index is 10.3. The highest BCUT2D eigenvalue weighted by Gasteiger charge is 2.20. The highest BCUT2D eigenvalue weighted by Crippen LogP contribution is 2.04. The first-order valence-electron chi connectivity index (χ1n) is 3.96. The van der Waals surface area contributed by atoms with Crippen LogP contribution in [0.3, 0.4) is 0 Å². The Balaban J connectivity index is 3.78. The Morgan fingerprint density at radius 3 is 2.42 bits per heavy atom. The fraction of sp³-hybridized carbons (Fsp3) is 0.875. The van der Waals surface area contributed by atoms with Crippen molar-refractivity contribution >= 4 is 6.09 Å². The molecule has 0 aliphatic heterocycles. The first kappa shape index (κ1) is 11.2. The molecule has 0 radical (unpaired) electrons. The SMILES string of the molecule is CC(C)OCC(C)(C)NC(=O)O. The van der Waals surface area contributed by atoms with E-state index in [9.17, 15) is 4.79 Å². The lowest BCUT2D eigenvalue weighted by Crippen LogP contribution is -2.46. The van der Waals surface area contributed by atoms with Crippen LogP contribution in [-0.2, 0) is 4.74 Å². The molecule has 0 aliphatic carbocycles. The molecular formula is C8H17NO3. The summed E-state index contributed by atoms with van der Waals surface area (Å²) in [7, 11) is 0. The first-order valence-corrected chi connectivity index (χ1v) is 3.96. The van der Waals surface area contributed by atoms with Crippen LogP contribution in [0.4, 0.5) is 4.79 Å². The lowest BCUT2D eigenvalue weighted by Gasteiger charge is -2.25. The molecule has 0 spiro atoms. The molecular weight excluding hydrogens is 158 g/mol. The average Bonchev–Trinajstić information content (AvgIpc) is 1.81. The smallest absolute Gasteiger partial charge is 0.405 e. The van der Waals surface area contributed by atoms with Crippen molar-refractivity contribution in [2.75, 3.05) is 6.61 Å². The van der Waals surface area contributed by atoms with Crippen LogP contribution in [0.5, 0.6) is 0 Å². The molecule has 0 rings (SSSR count). The van der Waals surface area contributed by atoms with Crippen LogP contribution in [-0.4, -0.2) is 29.4 Å². The van der Waals surface area contributed by atoms with Gasteiger partial charge in [0, 0.05) is 0 Å². The maximum absolute atomic E-state index is 10.3. The highest BCUT2D eigenvalue weighted by molar-refractivity contribution is 5.65. The summed E-state index contributed by atoms with van der Waals surface area (Å²) in [6.45, 7) is 7.78. The Morgan fingerprint density at radius 1 is 1.58 bits per heavy atom. The number of rotatable bonds is 4. The fourth-order valence-corrected chi connectivity index (χ4v) is 0.701. The van der Waals surface area contributed by atoms with Gasteiger partial charge >= 0.3 is 6.09 Å². The van der Waals surface area contributed by atoms with Crippen LogP contribution in [0.25, 0.3) is 0 Å². The summed E-state index contributed by atoms with van der Waals surface area (Å²) in [6.07, 6.45) is -0.896. The van der Waals surface area contributed by atoms with E-state index >= 15 is 0 Å². The van der Waals surface area contributed by atoms with Gasteiger partial charge in [0.25, 0.3) is 0 Å². The van der Waals surface area contributed by atoms with Crippen LogP contribution in [0, 0.1) is 0 Å². The second kappa shape index (κ2) is 4.30. The zero-order valence-corrected chi connectivity index (χ0v) is 8.05. The molecule has 2 N–H and O–H groups in total. The normalized spacial score (nSPS) is 11.8. The molecule has 4 nitrogen and oxygen atoms in total. The summed E-state index contributed by atoms with van der Waals surface area (Å²) >= 11 is 0. The van der Waals surface area contributed by atoms with Gasteiger partial charge in [-0.15, -0.1) is 0 Å². The Labute approximate surface area is 72.9 Å². The Hall–Kier alpha value is -0.770. The highest BCUT2D eigenvalue weighted by atomic mass is 16.5. The third kappa shape index (κ3) is 5.97. The number of carboxylic acid groups (broad SMARTS) is 1. The molecule has 0 aliphatic rings. The standard InChI is InChI=1S/C8H17NO3/c1-6(2)12-5-8(3,4)9-7(10)11/h6,9H,5H2,1-4H3,(H,10,11). The lowest BCUT2D eigenvalue weighted by atomic mass is 10.1. The van der Waals surface area contributed by atoms with Gasteiger partial charge in [-0.1, -0.05) is 0 Å². The first-order chi connectivity index (χ1) is 5.33. The second-order valence-corrected chi connectivity index (χ2v) is 3.67. The minimum absolute atomic E-state index is 0.125. The van der Waals surface area contributed by atoms with Gasteiger partial charge in [-0.2, -0.15) is 0 Å². The van der Waals surface area contributed by atoms with E-state index in [1.807, 2.05) is 13.8 Å². The predicted octanol–water partition coefficient (Wildman–Crippen LogP) is 1.46. The molecule has 0 saturated carbocycles. The van der Waals surface area contributed by atoms with Gasteiger partial charge < -0.3 is 15.2 Å². The van der Waals surface area contributed by atoms with Crippen molar-refractivity contribution in [3.05, 3.63) is 0 Å². The molecule has 0 atom stereocenters. The van der Waals surface area contributed by atoms with Gasteiger partial charge in [0.1, 0.15) is 0 Å². The molecule has 12 heavy (non-hydrogen) atoms. The minimum atomic E-state index is -1.02. The summed E-state index contributed by atoms with van der Waals surface area (Å²) in [5, 5.41) is 10.8. The number of nitrogens with one attached hydrogen (secondary N) is 1. The molecule has 0 aromatic heterocycles. The number of carbonyl (C=O) groups is 1. The Bertz CT molecular complexity index is 154. The molecule has 0 fully saturated rings. The molecule has 0 saturated heterocycles. The van der Waals surface area contributed by atoms with E-state index < -0.39 is 11.6 Å². The monoisotopic (exact) mass is 175 g/mol. The number of hydrogen-bond acceptors (Lipinski definition) is 2. The molecule has 1 amide bonds. The average molecular weight is 175 g/mol. The Morgan fingerprint density at radius 2 is 2.08 bits per heavy atom. The molecule has 0 aromatic carbocycles. The summed E-state index contributed by atoms with van der Waals surface area (Å²) in [6, 6.07) is 0. The molecule has 0 aromatic rings. The largest absolute Gasteiger partial charge is 0.465 e. The molecule has 0 unspecified atom stereocenters. The van der Waals surface area contributed by atoms with Crippen LogP contribution >= 0.6 is 0 Å². The van der Waals surface area contributed by atoms with Crippen molar-refractivity contribution in [1.82, 2.24) is 5.32 Å². The van der Waals surface area contributed by atoms with Crippen molar-refractivity contribution in [3.8, 4) is 0 Å². The predicted molar refractivity (Wildman–Crippen MR) is 46.3 cm³/mol. The molecule has 4 heteroatoms. The van der Waals surface area contributed by atoms with E-state index in [0.717, 1.165) is 0 Å². The van der Waals surface area contributed by atoms with Crippen molar-refractivity contribution in [3.63, 3.8) is 0 Å². The van der Waals surface area contributed by atoms with Gasteiger partial charge in [-0.05, 0) is 27.7 Å². The van der Waals surface area contributed by atoms with Gasteiger partial charge in [0.15, 0.2) is 0 Å². The van der Waals surface area contributed by atoms with Gasteiger partial charge in [0.2, 0.25) is 0 Å². The minimum Gasteiger partial charge on any atom is -0.465 e. The lowest BCUT2D eigenvalue weighted by molar-refractivity contribution is 0.0389. The zero-order chi connectivity index (χ0) is 9.78. The van der Waals surface area contributed by atoms with Crippen LogP contribution < -0.4 is 5.32 Å². The van der Waals surface area contributed by atoms with E-state index in [0.29, 0.717) is 6.61 Å². The van der Waals surface area contributed by atoms with Gasteiger partial charge in [-0.3, -0.25) is 0 Å². The van der Waals surface area contributed by atoms with E-state index in [2.05, 4.69) is 5.32 Å². The fourth-order valence-electron chi connectivity index (χ4n) is 0.701. The summed E-state index contributed by atoms with van der Waals surface area (Å²) in [5.41, 5.74) is -0.518. The Kier molecular flexibility index (Phi) is 4.03. The number of hydrogen-bond donors (Lipinski definition) is 2. The zero-order valence-electron chi connectivity index (χ0n) is 8.05. The van der Waals surface area contributed by atoms with Crippen molar-refractivity contribution in [2.24, 2.45) is 0 Å². The quantitative estimate of drug-likeness (QED) is 0.680. The summed E-state index contributed by atoms with van der Waals surface area (Å²) in [4.78, 5) is 10.3. The van der Waals surface area contributed by atoms with Crippen molar-refractivity contribution < 1.29 is 14.6 Å². The van der Waals surface area contributed by atoms with Gasteiger partial charge in [0.05, 0.1) is 18.2 Å². The van der Waals surface area contributed by atoms with Crippen molar-refractivity contribution in [2.45, 2.75) is 39.3 Å². The van der Waals surface area contributed by atoms with Gasteiger partial charge in [-0.25, -0.2) is 4.79 Å². The number of ether oxygens (including phenoxy) is 1. The maximum Gasteiger partial charge on any atom is 0.405 e. The van der Waals surface area contributed by atoms with E-state index in [1.54, 1.807) is 13.8 Å².